The number of benzene rings is 1. The highest BCUT2D eigenvalue weighted by Crippen LogP contribution is 2.16. The highest BCUT2D eigenvalue weighted by Gasteiger charge is 2.24. The normalized spacial score (nSPS) is 12.0. The molecule has 29 heavy (non-hydrogen) atoms. The van der Waals surface area contributed by atoms with Crippen LogP contribution in [-0.4, -0.2) is 40.6 Å². The quantitative estimate of drug-likeness (QED) is 0.540. The van der Waals surface area contributed by atoms with Crippen molar-refractivity contribution < 1.29 is 33.7 Å². The van der Waals surface area contributed by atoms with Gasteiger partial charge in [0.25, 0.3) is 0 Å². The topological polar surface area (TPSA) is 111 Å². The maximum Gasteiger partial charge on any atom is 0.514 e. The van der Waals surface area contributed by atoms with Crippen molar-refractivity contribution in [2.24, 2.45) is 0 Å². The smallest absolute Gasteiger partial charge is 0.480 e. The van der Waals surface area contributed by atoms with Gasteiger partial charge in [-0.2, -0.15) is 0 Å². The second kappa shape index (κ2) is 11.3. The molecule has 0 heterocycles. The molecule has 8 nitrogen and oxygen atoms in total. The number of rotatable bonds is 5. The predicted molar refractivity (Wildman–Crippen MR) is 109 cm³/mol. The lowest BCUT2D eigenvalue weighted by molar-refractivity contribution is -0.139. The molecular weight excluding hydrogens is 378 g/mol. The predicted octanol–water partition coefficient (Wildman–Crippen LogP) is 4.55. The zero-order valence-corrected chi connectivity index (χ0v) is 18.5. The van der Waals surface area contributed by atoms with E-state index < -0.39 is 35.5 Å². The van der Waals surface area contributed by atoms with Crippen LogP contribution >= 0.6 is 0 Å². The summed E-state index contributed by atoms with van der Waals surface area (Å²) in [6, 6.07) is 5.09. The van der Waals surface area contributed by atoms with Crippen molar-refractivity contribution in [3.8, 4) is 5.75 Å². The molecule has 8 heteroatoms. The van der Waals surface area contributed by atoms with Gasteiger partial charge in [0, 0.05) is 6.42 Å². The van der Waals surface area contributed by atoms with Gasteiger partial charge >= 0.3 is 18.2 Å². The van der Waals surface area contributed by atoms with Gasteiger partial charge < -0.3 is 24.6 Å². The minimum absolute atomic E-state index is 0.0430. The van der Waals surface area contributed by atoms with E-state index in [4.69, 9.17) is 14.2 Å². The molecule has 1 amide bonds. The van der Waals surface area contributed by atoms with E-state index in [1.54, 1.807) is 53.7 Å². The molecule has 1 rings (SSSR count). The highest BCUT2D eigenvalue weighted by molar-refractivity contribution is 5.80. The van der Waals surface area contributed by atoms with Crippen LogP contribution in [0.5, 0.6) is 5.75 Å². The van der Waals surface area contributed by atoms with Crippen LogP contribution in [0.2, 0.25) is 0 Å². The number of hydrogen-bond acceptors (Lipinski definition) is 6. The molecule has 1 aromatic rings. The number of alkyl carbamates (subject to hydrolysis) is 1. The van der Waals surface area contributed by atoms with Gasteiger partial charge in [0.2, 0.25) is 0 Å². The SMILES string of the molecule is CC.CC(C)(C)OC(=O)NC(Cc1ccc(OC(=O)OC(C)(C)C)cc1)C(=O)O. The zero-order chi connectivity index (χ0) is 22.8. The fraction of sp³-hybridized carbons (Fsp3) is 0.571. The van der Waals surface area contributed by atoms with Crippen LogP contribution in [0.25, 0.3) is 0 Å². The molecule has 0 aliphatic carbocycles. The first kappa shape index (κ1) is 26.2. The Bertz CT molecular complexity index is 670. The van der Waals surface area contributed by atoms with Crippen molar-refractivity contribution in [2.75, 3.05) is 0 Å². The molecule has 164 valence electrons. The maximum absolute atomic E-state index is 11.8. The van der Waals surface area contributed by atoms with E-state index in [0.29, 0.717) is 5.56 Å². The van der Waals surface area contributed by atoms with Crippen molar-refractivity contribution in [1.29, 1.82) is 0 Å². The summed E-state index contributed by atoms with van der Waals surface area (Å²) < 4.78 is 15.2. The number of carbonyl (C=O) groups is 3. The average molecular weight is 411 g/mol. The van der Waals surface area contributed by atoms with E-state index in [1.165, 1.54) is 12.1 Å². The standard InChI is InChI=1S/C19H27NO7.C2H6/c1-18(2,3)26-16(23)20-14(15(21)22)11-12-7-9-13(10-8-12)25-17(24)27-19(4,5)6;1-2/h7-10,14H,11H2,1-6H3,(H,20,23)(H,21,22);1-2H3. The van der Waals surface area contributed by atoms with Crippen molar-refractivity contribution in [1.82, 2.24) is 5.32 Å². The van der Waals surface area contributed by atoms with Gasteiger partial charge in [-0.05, 0) is 59.2 Å². The van der Waals surface area contributed by atoms with Gasteiger partial charge in [0.05, 0.1) is 0 Å². The Morgan fingerprint density at radius 2 is 1.41 bits per heavy atom. The Labute approximate surface area is 172 Å². The van der Waals surface area contributed by atoms with Crippen LogP contribution in [-0.2, 0) is 20.7 Å². The molecule has 2 N–H and O–H groups in total. The third kappa shape index (κ3) is 12.3. The van der Waals surface area contributed by atoms with Gasteiger partial charge in [-0.1, -0.05) is 26.0 Å². The number of amides is 1. The number of carbonyl (C=O) groups excluding carboxylic acids is 2. The number of ether oxygens (including phenoxy) is 3. The van der Waals surface area contributed by atoms with Crippen LogP contribution in [0, 0.1) is 0 Å². The summed E-state index contributed by atoms with van der Waals surface area (Å²) in [5.41, 5.74) is -0.762. The number of nitrogens with one attached hydrogen (secondary N) is 1. The van der Waals surface area contributed by atoms with Crippen molar-refractivity contribution in [3.63, 3.8) is 0 Å². The first-order valence-corrected chi connectivity index (χ1v) is 9.47. The molecule has 0 aliphatic rings. The van der Waals surface area contributed by atoms with Gasteiger partial charge in [0.15, 0.2) is 0 Å². The lowest BCUT2D eigenvalue weighted by Gasteiger charge is -2.22. The number of aliphatic carboxylic acids is 1. The summed E-state index contributed by atoms with van der Waals surface area (Å²) in [7, 11) is 0. The maximum atomic E-state index is 11.8. The largest absolute Gasteiger partial charge is 0.514 e. The summed E-state index contributed by atoms with van der Waals surface area (Å²) in [6.45, 7) is 14.2. The first-order valence-electron chi connectivity index (χ1n) is 9.47. The summed E-state index contributed by atoms with van der Waals surface area (Å²) in [6.07, 6.45) is -1.59. The van der Waals surface area contributed by atoms with Crippen LogP contribution in [0.4, 0.5) is 9.59 Å². The van der Waals surface area contributed by atoms with Crippen LogP contribution in [0.15, 0.2) is 24.3 Å². The van der Waals surface area contributed by atoms with Crippen molar-refractivity contribution in [3.05, 3.63) is 29.8 Å². The van der Waals surface area contributed by atoms with Crippen molar-refractivity contribution in [2.45, 2.75) is 79.1 Å². The molecular formula is C21H33NO7. The monoisotopic (exact) mass is 411 g/mol. The summed E-state index contributed by atoms with van der Waals surface area (Å²) in [4.78, 5) is 34.8. The molecule has 1 aromatic carbocycles. The van der Waals surface area contributed by atoms with Crippen molar-refractivity contribution >= 4 is 18.2 Å². The van der Waals surface area contributed by atoms with Gasteiger partial charge in [-0.3, -0.25) is 0 Å². The summed E-state index contributed by atoms with van der Waals surface area (Å²) >= 11 is 0. The minimum atomic E-state index is -1.19. The molecule has 1 unspecified atom stereocenters. The number of hydrogen-bond donors (Lipinski definition) is 2. The molecule has 0 bridgehead atoms. The third-order valence-electron chi connectivity index (χ3n) is 2.94. The zero-order valence-electron chi connectivity index (χ0n) is 18.5. The molecule has 1 atom stereocenters. The van der Waals surface area contributed by atoms with E-state index in [2.05, 4.69) is 5.32 Å². The minimum Gasteiger partial charge on any atom is -0.480 e. The molecule has 0 saturated carbocycles. The Hall–Kier alpha value is -2.77. The fourth-order valence-electron chi connectivity index (χ4n) is 1.95. The summed E-state index contributed by atoms with van der Waals surface area (Å²) in [5, 5.41) is 11.6. The van der Waals surface area contributed by atoms with E-state index in [-0.39, 0.29) is 12.2 Å². The molecule has 0 aromatic heterocycles. The average Bonchev–Trinajstić information content (AvgIpc) is 2.54. The molecule has 0 aliphatic heterocycles. The van der Waals surface area contributed by atoms with E-state index in [1.807, 2.05) is 13.8 Å². The fourth-order valence-corrected chi connectivity index (χ4v) is 1.95. The molecule has 0 spiro atoms. The molecule has 0 fully saturated rings. The second-order valence-electron chi connectivity index (χ2n) is 7.95. The van der Waals surface area contributed by atoms with Crippen LogP contribution in [0.3, 0.4) is 0 Å². The van der Waals surface area contributed by atoms with Crippen LogP contribution < -0.4 is 10.1 Å². The lowest BCUT2D eigenvalue weighted by Crippen LogP contribution is -2.44. The summed E-state index contributed by atoms with van der Waals surface area (Å²) in [5.74, 6) is -0.921. The van der Waals surface area contributed by atoms with E-state index >= 15 is 0 Å². The second-order valence-corrected chi connectivity index (χ2v) is 7.95. The van der Waals surface area contributed by atoms with Gasteiger partial charge in [0.1, 0.15) is 23.0 Å². The third-order valence-corrected chi connectivity index (χ3v) is 2.94. The van der Waals surface area contributed by atoms with E-state index in [0.717, 1.165) is 0 Å². The Balaban J connectivity index is 0.00000379. The lowest BCUT2D eigenvalue weighted by atomic mass is 10.1. The molecule has 0 radical (unpaired) electrons. The van der Waals surface area contributed by atoms with Gasteiger partial charge in [-0.25, -0.2) is 14.4 Å². The molecule has 0 saturated heterocycles. The van der Waals surface area contributed by atoms with E-state index in [9.17, 15) is 19.5 Å². The van der Waals surface area contributed by atoms with Gasteiger partial charge in [-0.15, -0.1) is 0 Å². The number of carboxylic acids is 1. The Morgan fingerprint density at radius 1 is 0.931 bits per heavy atom. The highest BCUT2D eigenvalue weighted by atomic mass is 16.7. The van der Waals surface area contributed by atoms with Crippen LogP contribution in [0.1, 0.15) is 61.0 Å². The Morgan fingerprint density at radius 3 is 1.83 bits per heavy atom. The first-order chi connectivity index (χ1) is 13.2. The number of carboxylic acid groups (broad SMARTS) is 1. The Kier molecular flexibility index (Phi) is 10.2.